The molecular weight excluding hydrogens is 324 g/mol. The van der Waals surface area contributed by atoms with Crippen LogP contribution in [0, 0.1) is 5.92 Å². The van der Waals surface area contributed by atoms with E-state index in [0.29, 0.717) is 18.3 Å². The van der Waals surface area contributed by atoms with E-state index >= 15 is 0 Å². The molecule has 0 aromatic carbocycles. The van der Waals surface area contributed by atoms with Crippen LogP contribution in [0.1, 0.15) is 50.0 Å². The molecule has 1 aromatic rings. The molecule has 1 unspecified atom stereocenters. The molecule has 2 fully saturated rings. The van der Waals surface area contributed by atoms with Crippen LogP contribution in [0.25, 0.3) is 0 Å². The lowest BCUT2D eigenvalue weighted by molar-refractivity contribution is -0.135. The molecule has 6 heteroatoms. The number of ether oxygens (including phenoxy) is 2. The quantitative estimate of drug-likeness (QED) is 0.789. The van der Waals surface area contributed by atoms with Crippen LogP contribution in [0.5, 0.6) is 0 Å². The standard InChI is InChI=1S/C18H28N2O3S/c1-14(23-13-15-4-9-22-10-5-15)12-17(21)20-7-2-16(3-8-20)18-19-6-11-24-18/h6,11,14-16H,2-5,7-10,12-13H2,1H3. The van der Waals surface area contributed by atoms with Gasteiger partial charge in [0.1, 0.15) is 0 Å². The zero-order valence-corrected chi connectivity index (χ0v) is 15.3. The van der Waals surface area contributed by atoms with E-state index in [4.69, 9.17) is 9.47 Å². The number of piperidine rings is 1. The van der Waals surface area contributed by atoms with Gasteiger partial charge in [-0.25, -0.2) is 4.98 Å². The predicted octanol–water partition coefficient (Wildman–Crippen LogP) is 3.07. The Bertz CT molecular complexity index is 494. The first-order chi connectivity index (χ1) is 11.7. The molecule has 0 N–H and O–H groups in total. The molecule has 0 radical (unpaired) electrons. The summed E-state index contributed by atoms with van der Waals surface area (Å²) in [5.74, 6) is 1.34. The van der Waals surface area contributed by atoms with E-state index < -0.39 is 0 Å². The molecule has 3 heterocycles. The van der Waals surface area contributed by atoms with Gasteiger partial charge < -0.3 is 14.4 Å². The number of hydrogen-bond acceptors (Lipinski definition) is 5. The van der Waals surface area contributed by atoms with Crippen molar-refractivity contribution in [2.75, 3.05) is 32.9 Å². The zero-order chi connectivity index (χ0) is 16.8. The minimum atomic E-state index is -0.00275. The Morgan fingerprint density at radius 2 is 2.12 bits per heavy atom. The Morgan fingerprint density at radius 1 is 1.38 bits per heavy atom. The number of carbonyl (C=O) groups excluding carboxylic acids is 1. The minimum absolute atomic E-state index is 0.00275. The third kappa shape index (κ3) is 5.01. The fraction of sp³-hybridized carbons (Fsp3) is 0.778. The van der Waals surface area contributed by atoms with E-state index in [1.54, 1.807) is 11.3 Å². The van der Waals surface area contributed by atoms with Gasteiger partial charge in [0.25, 0.3) is 0 Å². The number of likely N-dealkylation sites (tertiary alicyclic amines) is 1. The van der Waals surface area contributed by atoms with Crippen molar-refractivity contribution in [3.63, 3.8) is 0 Å². The Hall–Kier alpha value is -0.980. The smallest absolute Gasteiger partial charge is 0.225 e. The van der Waals surface area contributed by atoms with Crippen LogP contribution in [-0.4, -0.2) is 54.8 Å². The maximum atomic E-state index is 12.5. The summed E-state index contributed by atoms with van der Waals surface area (Å²) in [5.41, 5.74) is 0. The molecule has 0 bridgehead atoms. The molecular formula is C18H28N2O3S. The van der Waals surface area contributed by atoms with Gasteiger partial charge in [0.05, 0.1) is 17.5 Å². The lowest BCUT2D eigenvalue weighted by Gasteiger charge is -2.32. The second-order valence-corrected chi connectivity index (χ2v) is 7.86. The van der Waals surface area contributed by atoms with E-state index in [1.807, 2.05) is 23.4 Å². The summed E-state index contributed by atoms with van der Waals surface area (Å²) in [6.45, 7) is 6.14. The Balaban J connectivity index is 1.35. The largest absolute Gasteiger partial charge is 0.381 e. The van der Waals surface area contributed by atoms with Crippen LogP contribution in [0.4, 0.5) is 0 Å². The van der Waals surface area contributed by atoms with Crippen molar-refractivity contribution in [1.29, 1.82) is 0 Å². The zero-order valence-electron chi connectivity index (χ0n) is 14.5. The number of aromatic nitrogens is 1. The molecule has 2 saturated heterocycles. The summed E-state index contributed by atoms with van der Waals surface area (Å²) in [6, 6.07) is 0. The highest BCUT2D eigenvalue weighted by Gasteiger charge is 2.26. The van der Waals surface area contributed by atoms with Crippen molar-refractivity contribution >= 4 is 17.2 Å². The van der Waals surface area contributed by atoms with E-state index in [1.165, 1.54) is 5.01 Å². The highest BCUT2D eigenvalue weighted by atomic mass is 32.1. The highest BCUT2D eigenvalue weighted by Crippen LogP contribution is 2.29. The van der Waals surface area contributed by atoms with E-state index in [9.17, 15) is 4.79 Å². The summed E-state index contributed by atoms with van der Waals surface area (Å²) >= 11 is 1.73. The first-order valence-corrected chi connectivity index (χ1v) is 9.97. The van der Waals surface area contributed by atoms with Gasteiger partial charge in [-0.05, 0) is 38.5 Å². The summed E-state index contributed by atoms with van der Waals surface area (Å²) in [6.07, 6.45) is 6.56. The third-order valence-corrected chi connectivity index (χ3v) is 6.01. The van der Waals surface area contributed by atoms with Crippen LogP contribution in [0.15, 0.2) is 11.6 Å². The molecule has 1 amide bonds. The van der Waals surface area contributed by atoms with Crippen molar-refractivity contribution < 1.29 is 14.3 Å². The second kappa shape index (κ2) is 8.92. The van der Waals surface area contributed by atoms with Crippen LogP contribution in [0.2, 0.25) is 0 Å². The average molecular weight is 353 g/mol. The summed E-state index contributed by atoms with van der Waals surface area (Å²) in [5, 5.41) is 3.25. The molecule has 2 aliphatic heterocycles. The maximum absolute atomic E-state index is 12.5. The number of carbonyl (C=O) groups is 1. The highest BCUT2D eigenvalue weighted by molar-refractivity contribution is 7.09. The van der Waals surface area contributed by atoms with Gasteiger partial charge in [-0.1, -0.05) is 0 Å². The fourth-order valence-corrected chi connectivity index (χ4v) is 4.27. The fourth-order valence-electron chi connectivity index (χ4n) is 3.46. The van der Waals surface area contributed by atoms with Gasteiger partial charge >= 0.3 is 0 Å². The van der Waals surface area contributed by atoms with Crippen LogP contribution in [0.3, 0.4) is 0 Å². The van der Waals surface area contributed by atoms with Crippen LogP contribution in [-0.2, 0) is 14.3 Å². The van der Waals surface area contributed by atoms with E-state index in [2.05, 4.69) is 4.98 Å². The van der Waals surface area contributed by atoms with Crippen molar-refractivity contribution in [2.45, 2.75) is 51.0 Å². The van der Waals surface area contributed by atoms with Crippen molar-refractivity contribution in [2.24, 2.45) is 5.92 Å². The molecule has 1 aromatic heterocycles. The predicted molar refractivity (Wildman–Crippen MR) is 94.2 cm³/mol. The van der Waals surface area contributed by atoms with Gasteiger partial charge in [0, 0.05) is 50.4 Å². The maximum Gasteiger partial charge on any atom is 0.225 e. The second-order valence-electron chi connectivity index (χ2n) is 6.93. The molecule has 0 spiro atoms. The number of thiazole rings is 1. The van der Waals surface area contributed by atoms with Crippen molar-refractivity contribution in [1.82, 2.24) is 9.88 Å². The van der Waals surface area contributed by atoms with Gasteiger partial charge in [-0.2, -0.15) is 0 Å². The topological polar surface area (TPSA) is 51.7 Å². The Labute approximate surface area is 148 Å². The third-order valence-electron chi connectivity index (χ3n) is 5.07. The lowest BCUT2D eigenvalue weighted by Crippen LogP contribution is -2.39. The summed E-state index contributed by atoms with van der Waals surface area (Å²) in [4.78, 5) is 18.9. The van der Waals surface area contributed by atoms with Crippen molar-refractivity contribution in [3.8, 4) is 0 Å². The molecule has 1 atom stereocenters. The van der Waals surface area contributed by atoms with Gasteiger partial charge in [0.15, 0.2) is 0 Å². The Kier molecular flexibility index (Phi) is 6.63. The molecule has 3 rings (SSSR count). The normalized spacial score (nSPS) is 21.8. The number of hydrogen-bond donors (Lipinski definition) is 0. The van der Waals surface area contributed by atoms with Gasteiger partial charge in [-0.3, -0.25) is 4.79 Å². The summed E-state index contributed by atoms with van der Waals surface area (Å²) < 4.78 is 11.3. The first-order valence-electron chi connectivity index (χ1n) is 9.09. The summed E-state index contributed by atoms with van der Waals surface area (Å²) in [7, 11) is 0. The van der Waals surface area contributed by atoms with Crippen molar-refractivity contribution in [3.05, 3.63) is 16.6 Å². The number of nitrogens with zero attached hydrogens (tertiary/aromatic N) is 2. The molecule has 2 aliphatic rings. The molecule has 0 saturated carbocycles. The lowest BCUT2D eigenvalue weighted by atomic mass is 9.97. The number of amides is 1. The van der Waals surface area contributed by atoms with Crippen LogP contribution >= 0.6 is 11.3 Å². The SMILES string of the molecule is CC(CC(=O)N1CCC(c2nccs2)CC1)OCC1CCOCC1. The molecule has 24 heavy (non-hydrogen) atoms. The molecule has 0 aliphatic carbocycles. The van der Waals surface area contributed by atoms with E-state index in [-0.39, 0.29) is 12.0 Å². The van der Waals surface area contributed by atoms with Gasteiger partial charge in [-0.15, -0.1) is 11.3 Å². The minimum Gasteiger partial charge on any atom is -0.381 e. The van der Waals surface area contributed by atoms with Gasteiger partial charge in [0.2, 0.25) is 5.91 Å². The molecule has 5 nitrogen and oxygen atoms in total. The van der Waals surface area contributed by atoms with E-state index in [0.717, 1.165) is 58.6 Å². The Morgan fingerprint density at radius 3 is 2.79 bits per heavy atom. The molecule has 134 valence electrons. The average Bonchev–Trinajstić information content (AvgIpc) is 3.16. The van der Waals surface area contributed by atoms with Crippen LogP contribution < -0.4 is 0 Å². The first kappa shape index (κ1) is 17.8. The monoisotopic (exact) mass is 352 g/mol. The number of rotatable bonds is 6.